The molecule has 0 amide bonds. The number of hydrogen-bond acceptors (Lipinski definition) is 5. The number of fused-ring (bicyclic) bond motifs is 1. The van der Waals surface area contributed by atoms with Gasteiger partial charge in [-0.25, -0.2) is 9.18 Å². The Labute approximate surface area is 175 Å². The molecule has 4 rings (SSSR count). The van der Waals surface area contributed by atoms with Crippen molar-refractivity contribution >= 4 is 27.7 Å². The van der Waals surface area contributed by atoms with Crippen LogP contribution in [0.15, 0.2) is 65.0 Å². The van der Waals surface area contributed by atoms with Crippen molar-refractivity contribution in [2.24, 2.45) is 5.92 Å². The molecule has 2 aliphatic rings. The summed E-state index contributed by atoms with van der Waals surface area (Å²) in [4.78, 5) is 25.1. The third-order valence-corrected chi connectivity index (χ3v) is 5.74. The molecule has 0 radical (unpaired) electrons. The first kappa shape index (κ1) is 19.6. The maximum absolute atomic E-state index is 13.0. The van der Waals surface area contributed by atoms with E-state index in [0.29, 0.717) is 25.0 Å². The summed E-state index contributed by atoms with van der Waals surface area (Å²) >= 11 is 3.39. The molecule has 29 heavy (non-hydrogen) atoms. The summed E-state index contributed by atoms with van der Waals surface area (Å²) < 4.78 is 30.8. The van der Waals surface area contributed by atoms with E-state index >= 15 is 0 Å². The van der Waals surface area contributed by atoms with Crippen molar-refractivity contribution in [3.63, 3.8) is 0 Å². The molecule has 1 aliphatic carbocycles. The number of ether oxygens (including phenoxy) is 3. The number of para-hydroxylation sites is 1. The van der Waals surface area contributed by atoms with Crippen LogP contribution in [-0.4, -0.2) is 24.0 Å². The number of halogens is 2. The quantitative estimate of drug-likeness (QED) is 0.613. The zero-order chi connectivity index (χ0) is 20.4. The van der Waals surface area contributed by atoms with E-state index in [1.807, 2.05) is 18.2 Å². The summed E-state index contributed by atoms with van der Waals surface area (Å²) in [5, 5.41) is 0. The van der Waals surface area contributed by atoms with Gasteiger partial charge in [0.2, 0.25) is 11.5 Å². The number of Topliss-reactive ketones (excluding diaryl/α,β-unsaturated/α-hetero) is 1. The Morgan fingerprint density at radius 3 is 2.62 bits per heavy atom. The summed E-state index contributed by atoms with van der Waals surface area (Å²) in [6.07, 6.45) is 2.11. The molecule has 3 atom stereocenters. The minimum atomic E-state index is -0.510. The first-order valence-electron chi connectivity index (χ1n) is 9.30. The molecule has 3 unspecified atom stereocenters. The molecule has 1 heterocycles. The smallest absolute Gasteiger partial charge is 0.338 e. The molecular weight excluding hydrogens is 443 g/mol. The highest BCUT2D eigenvalue weighted by Gasteiger charge is 2.42. The first-order valence-corrected chi connectivity index (χ1v) is 10.1. The maximum Gasteiger partial charge on any atom is 0.338 e. The maximum atomic E-state index is 13.0. The molecule has 1 fully saturated rings. The van der Waals surface area contributed by atoms with Crippen LogP contribution in [0, 0.1) is 11.7 Å². The van der Waals surface area contributed by atoms with Gasteiger partial charge in [-0.15, -0.1) is 0 Å². The van der Waals surface area contributed by atoms with E-state index in [-0.39, 0.29) is 35.2 Å². The predicted molar refractivity (Wildman–Crippen MR) is 106 cm³/mol. The van der Waals surface area contributed by atoms with E-state index in [1.54, 1.807) is 6.07 Å². The molecule has 1 aliphatic heterocycles. The highest BCUT2D eigenvalue weighted by molar-refractivity contribution is 9.10. The lowest BCUT2D eigenvalue weighted by molar-refractivity contribution is -0.132. The van der Waals surface area contributed by atoms with Crippen LogP contribution in [0.25, 0.3) is 0 Å². The Morgan fingerprint density at radius 2 is 1.86 bits per heavy atom. The van der Waals surface area contributed by atoms with Gasteiger partial charge in [0.1, 0.15) is 30.0 Å². The molecule has 0 spiro atoms. The average Bonchev–Trinajstić information content (AvgIpc) is 2.72. The number of benzene rings is 2. The molecule has 2 aromatic carbocycles. The number of ketones is 1. The fraction of sp³-hybridized carbons (Fsp3) is 0.273. The highest BCUT2D eigenvalue weighted by atomic mass is 79.9. The number of hydrogen-bond donors (Lipinski definition) is 0. The molecule has 5 nitrogen and oxygen atoms in total. The van der Waals surface area contributed by atoms with Crippen molar-refractivity contribution in [3.05, 3.63) is 76.4 Å². The monoisotopic (exact) mass is 460 g/mol. The normalized spacial score (nSPS) is 23.4. The molecule has 1 saturated carbocycles. The van der Waals surface area contributed by atoms with E-state index < -0.39 is 11.8 Å². The Morgan fingerprint density at radius 1 is 1.10 bits per heavy atom. The van der Waals surface area contributed by atoms with E-state index in [9.17, 15) is 14.0 Å². The highest BCUT2D eigenvalue weighted by Crippen LogP contribution is 2.36. The Hall–Kier alpha value is -2.67. The SMILES string of the molecule is O=C(OC1CCC2C(=O)C(Oc3ccccc3Br)=COC2C1)c1ccc(F)cc1. The van der Waals surface area contributed by atoms with E-state index in [1.165, 1.54) is 30.5 Å². The van der Waals surface area contributed by atoms with Gasteiger partial charge in [-0.1, -0.05) is 12.1 Å². The molecular formula is C22H18BrFO5. The largest absolute Gasteiger partial charge is 0.493 e. The summed E-state index contributed by atoms with van der Waals surface area (Å²) in [5.74, 6) is -0.665. The minimum absolute atomic E-state index is 0.111. The average molecular weight is 461 g/mol. The lowest BCUT2D eigenvalue weighted by Gasteiger charge is -2.36. The second-order valence-corrected chi connectivity index (χ2v) is 7.86. The number of carbonyl (C=O) groups excluding carboxylic acids is 2. The van der Waals surface area contributed by atoms with Gasteiger partial charge in [0.25, 0.3) is 0 Å². The van der Waals surface area contributed by atoms with Gasteiger partial charge >= 0.3 is 5.97 Å². The lowest BCUT2D eigenvalue weighted by atomic mass is 9.80. The molecule has 0 N–H and O–H groups in total. The van der Waals surface area contributed by atoms with Crippen molar-refractivity contribution in [2.45, 2.75) is 31.5 Å². The Kier molecular flexibility index (Phi) is 5.67. The molecule has 150 valence electrons. The van der Waals surface area contributed by atoms with E-state index in [4.69, 9.17) is 14.2 Å². The molecule has 2 aromatic rings. The number of carbonyl (C=O) groups is 2. The second-order valence-electron chi connectivity index (χ2n) is 7.01. The van der Waals surface area contributed by atoms with Crippen LogP contribution in [0.3, 0.4) is 0 Å². The van der Waals surface area contributed by atoms with Gasteiger partial charge in [-0.3, -0.25) is 4.79 Å². The third-order valence-electron chi connectivity index (χ3n) is 5.08. The van der Waals surface area contributed by atoms with Crippen LogP contribution in [0.5, 0.6) is 5.75 Å². The zero-order valence-electron chi connectivity index (χ0n) is 15.3. The minimum Gasteiger partial charge on any atom is -0.493 e. The van der Waals surface area contributed by atoms with Gasteiger partial charge in [0, 0.05) is 6.42 Å². The van der Waals surface area contributed by atoms with Crippen molar-refractivity contribution in [3.8, 4) is 5.75 Å². The van der Waals surface area contributed by atoms with Gasteiger partial charge in [-0.05, 0) is 65.2 Å². The van der Waals surface area contributed by atoms with Gasteiger partial charge in [-0.2, -0.15) is 0 Å². The molecule has 0 aromatic heterocycles. The first-order chi connectivity index (χ1) is 14.0. The summed E-state index contributed by atoms with van der Waals surface area (Å²) in [5.41, 5.74) is 0.290. The van der Waals surface area contributed by atoms with Crippen molar-refractivity contribution < 1.29 is 28.2 Å². The van der Waals surface area contributed by atoms with Crippen LogP contribution < -0.4 is 4.74 Å². The van der Waals surface area contributed by atoms with Gasteiger partial charge < -0.3 is 14.2 Å². The van der Waals surface area contributed by atoms with E-state index in [0.717, 1.165) is 4.47 Å². The van der Waals surface area contributed by atoms with Crippen LogP contribution >= 0.6 is 15.9 Å². The van der Waals surface area contributed by atoms with Gasteiger partial charge in [0.05, 0.1) is 16.0 Å². The van der Waals surface area contributed by atoms with Crippen LogP contribution in [0.1, 0.15) is 29.6 Å². The summed E-state index contributed by atoms with van der Waals surface area (Å²) in [7, 11) is 0. The van der Waals surface area contributed by atoms with Crippen LogP contribution in [0.4, 0.5) is 4.39 Å². The molecule has 7 heteroatoms. The van der Waals surface area contributed by atoms with Crippen molar-refractivity contribution in [1.29, 1.82) is 0 Å². The van der Waals surface area contributed by atoms with Crippen LogP contribution in [-0.2, 0) is 14.3 Å². The number of esters is 1. The van der Waals surface area contributed by atoms with Crippen LogP contribution in [0.2, 0.25) is 0 Å². The standard InChI is InChI=1S/C22H18BrFO5/c23-17-3-1-2-4-18(17)29-20-12-27-19-11-15(9-10-16(19)21(20)25)28-22(26)13-5-7-14(24)8-6-13/h1-8,12,15-16,19H,9-11H2. The van der Waals surface area contributed by atoms with Gasteiger partial charge in [0.15, 0.2) is 0 Å². The Balaban J connectivity index is 1.39. The number of rotatable bonds is 4. The zero-order valence-corrected chi connectivity index (χ0v) is 16.9. The van der Waals surface area contributed by atoms with Crippen molar-refractivity contribution in [2.75, 3.05) is 0 Å². The third kappa shape index (κ3) is 4.34. The Bertz CT molecular complexity index is 956. The molecule has 0 saturated heterocycles. The molecule has 0 bridgehead atoms. The van der Waals surface area contributed by atoms with Crippen molar-refractivity contribution in [1.82, 2.24) is 0 Å². The lowest BCUT2D eigenvalue weighted by Crippen LogP contribution is -2.43. The topological polar surface area (TPSA) is 61.8 Å². The predicted octanol–water partition coefficient (Wildman–Crippen LogP) is 4.80. The van der Waals surface area contributed by atoms with E-state index in [2.05, 4.69) is 15.9 Å². The fourth-order valence-electron chi connectivity index (χ4n) is 3.57. The second kappa shape index (κ2) is 8.37. The summed E-state index contributed by atoms with van der Waals surface area (Å²) in [6, 6.07) is 12.5. The summed E-state index contributed by atoms with van der Waals surface area (Å²) in [6.45, 7) is 0. The fourth-order valence-corrected chi connectivity index (χ4v) is 3.93. The number of allylic oxidation sites excluding steroid dienone is 1.